The second kappa shape index (κ2) is 10.4. The number of ketones is 1. The van der Waals surface area contributed by atoms with Crippen LogP contribution in [0.2, 0.25) is 0 Å². The predicted octanol–water partition coefficient (Wildman–Crippen LogP) is 0.428. The summed E-state index contributed by atoms with van der Waals surface area (Å²) in [4.78, 5) is 48.8. The van der Waals surface area contributed by atoms with Crippen LogP contribution in [0.1, 0.15) is 25.3 Å². The highest BCUT2D eigenvalue weighted by Crippen LogP contribution is 2.34. The van der Waals surface area contributed by atoms with Crippen LogP contribution in [0, 0.1) is 10.8 Å². The number of allylic oxidation sites excluding steroid dienone is 3. The number of amides is 3. The Balaban J connectivity index is 2.28. The molecule has 1 aliphatic carbocycles. The molecule has 11 nitrogen and oxygen atoms in total. The van der Waals surface area contributed by atoms with Crippen molar-refractivity contribution in [1.29, 1.82) is 5.41 Å². The first-order valence-electron chi connectivity index (χ1n) is 9.70. The van der Waals surface area contributed by atoms with E-state index >= 15 is 0 Å². The molecule has 0 spiro atoms. The fourth-order valence-corrected chi connectivity index (χ4v) is 3.33. The number of Topliss-reactive ketones (excluding diaryl/α,β-unsaturated/α-hetero) is 1. The van der Waals surface area contributed by atoms with Gasteiger partial charge in [0.2, 0.25) is 5.91 Å². The Labute approximate surface area is 184 Å². The normalized spacial score (nSPS) is 18.8. The maximum atomic E-state index is 13.2. The van der Waals surface area contributed by atoms with E-state index < -0.39 is 47.7 Å². The number of nitrogens with one attached hydrogen (secondary N) is 4. The van der Waals surface area contributed by atoms with Crippen LogP contribution in [-0.2, 0) is 14.4 Å². The third-order valence-corrected chi connectivity index (χ3v) is 4.88. The van der Waals surface area contributed by atoms with E-state index in [0.29, 0.717) is 11.3 Å². The highest BCUT2D eigenvalue weighted by molar-refractivity contribution is 5.98. The summed E-state index contributed by atoms with van der Waals surface area (Å²) in [7, 11) is 0. The monoisotopic (exact) mass is 442 g/mol. The fraction of sp³-hybridized carbons (Fsp3) is 0.286. The van der Waals surface area contributed by atoms with Crippen molar-refractivity contribution in [3.8, 4) is 0 Å². The minimum Gasteiger partial charge on any atom is -0.481 e. The minimum atomic E-state index is -1.48. The third-order valence-electron chi connectivity index (χ3n) is 4.88. The first-order chi connectivity index (χ1) is 15.0. The lowest BCUT2D eigenvalue weighted by Crippen LogP contribution is -2.63. The fourth-order valence-electron chi connectivity index (χ4n) is 3.33. The Kier molecular flexibility index (Phi) is 7.86. The maximum absolute atomic E-state index is 13.2. The SMILES string of the molecule is CC(=O)NC(NC(=O)Nc1ccc(C(=N)N)cc1)C1(C(=O)[C@@H](N)CC(=O)O)C=CC=CC1. The summed E-state index contributed by atoms with van der Waals surface area (Å²) < 4.78 is 0. The number of hydrogen-bond acceptors (Lipinski definition) is 6. The summed E-state index contributed by atoms with van der Waals surface area (Å²) in [5.74, 6) is -2.51. The molecule has 0 radical (unpaired) electrons. The molecule has 0 aromatic heterocycles. The summed E-state index contributed by atoms with van der Waals surface area (Å²) in [5.41, 5.74) is 10.6. The van der Waals surface area contributed by atoms with Crippen molar-refractivity contribution in [2.24, 2.45) is 16.9 Å². The molecule has 1 aromatic carbocycles. The van der Waals surface area contributed by atoms with Crippen molar-refractivity contribution in [3.05, 3.63) is 54.1 Å². The number of carboxylic acid groups (broad SMARTS) is 1. The minimum absolute atomic E-state index is 0.0915. The third kappa shape index (κ3) is 6.01. The van der Waals surface area contributed by atoms with E-state index in [1.165, 1.54) is 25.1 Å². The van der Waals surface area contributed by atoms with Crippen molar-refractivity contribution < 1.29 is 24.3 Å². The summed E-state index contributed by atoms with van der Waals surface area (Å²) in [5, 5.41) is 24.1. The number of anilines is 1. The number of amidine groups is 1. The number of nitrogen functional groups attached to an aromatic ring is 1. The van der Waals surface area contributed by atoms with Crippen LogP contribution in [0.25, 0.3) is 0 Å². The van der Waals surface area contributed by atoms with Gasteiger partial charge >= 0.3 is 12.0 Å². The molecule has 0 heterocycles. The zero-order valence-electron chi connectivity index (χ0n) is 17.4. The molecule has 170 valence electrons. The van der Waals surface area contributed by atoms with E-state index in [2.05, 4.69) is 16.0 Å². The number of carboxylic acids is 1. The van der Waals surface area contributed by atoms with E-state index in [0.717, 1.165) is 0 Å². The van der Waals surface area contributed by atoms with Crippen LogP contribution in [-0.4, -0.2) is 46.8 Å². The maximum Gasteiger partial charge on any atom is 0.320 e. The van der Waals surface area contributed by atoms with E-state index in [-0.39, 0.29) is 12.3 Å². The first kappa shape index (κ1) is 24.3. The topological polar surface area (TPSA) is 200 Å². The van der Waals surface area contributed by atoms with Crippen molar-refractivity contribution in [2.75, 3.05) is 5.32 Å². The lowest BCUT2D eigenvalue weighted by atomic mass is 9.72. The number of carbonyl (C=O) groups is 4. The first-order valence-corrected chi connectivity index (χ1v) is 9.70. The lowest BCUT2D eigenvalue weighted by Gasteiger charge is -2.39. The average Bonchev–Trinajstić information content (AvgIpc) is 2.72. The number of aliphatic carboxylic acids is 1. The number of nitrogens with two attached hydrogens (primary N) is 2. The largest absolute Gasteiger partial charge is 0.481 e. The molecule has 0 bridgehead atoms. The number of urea groups is 1. The molecule has 32 heavy (non-hydrogen) atoms. The van der Waals surface area contributed by atoms with Gasteiger partial charge in [-0.3, -0.25) is 19.8 Å². The Bertz CT molecular complexity index is 971. The van der Waals surface area contributed by atoms with Gasteiger partial charge in [0, 0.05) is 18.2 Å². The Morgan fingerprint density at radius 2 is 1.81 bits per heavy atom. The van der Waals surface area contributed by atoms with Gasteiger partial charge in [0.15, 0.2) is 5.78 Å². The van der Waals surface area contributed by atoms with Gasteiger partial charge in [-0.15, -0.1) is 0 Å². The smallest absolute Gasteiger partial charge is 0.320 e. The standard InChI is InChI=1S/C21H26N6O5/c1-12(28)25-19(27-20(32)26-14-7-5-13(6-8-14)18(23)24)21(9-3-2-4-10-21)17(31)15(22)11-16(29)30/h2-9,15,19H,10-11,22H2,1H3,(H3,23,24)(H,25,28)(H,29,30)(H2,26,27,32)/t15-,19?,21?/m0/s1. The van der Waals surface area contributed by atoms with Gasteiger partial charge in [-0.1, -0.05) is 24.3 Å². The molecule has 2 unspecified atom stereocenters. The zero-order chi connectivity index (χ0) is 23.9. The van der Waals surface area contributed by atoms with Crippen LogP contribution in [0.5, 0.6) is 0 Å². The number of rotatable bonds is 9. The second-order valence-corrected chi connectivity index (χ2v) is 7.32. The summed E-state index contributed by atoms with van der Waals surface area (Å²) >= 11 is 0. The number of carbonyl (C=O) groups excluding carboxylic acids is 3. The summed E-state index contributed by atoms with van der Waals surface area (Å²) in [6.07, 6.45) is 4.72. The molecule has 0 saturated heterocycles. The molecule has 0 fully saturated rings. The van der Waals surface area contributed by atoms with Crippen molar-refractivity contribution in [3.63, 3.8) is 0 Å². The molecule has 2 rings (SSSR count). The molecule has 11 heteroatoms. The zero-order valence-corrected chi connectivity index (χ0v) is 17.4. The van der Waals surface area contributed by atoms with Crippen molar-refractivity contribution in [1.82, 2.24) is 10.6 Å². The van der Waals surface area contributed by atoms with Gasteiger partial charge in [0.05, 0.1) is 17.9 Å². The molecule has 3 atom stereocenters. The second-order valence-electron chi connectivity index (χ2n) is 7.32. The van der Waals surface area contributed by atoms with Crippen LogP contribution in [0.15, 0.2) is 48.6 Å². The highest BCUT2D eigenvalue weighted by Gasteiger charge is 2.47. The summed E-state index contributed by atoms with van der Waals surface area (Å²) in [6, 6.07) is 4.11. The van der Waals surface area contributed by atoms with Crippen molar-refractivity contribution >= 4 is 35.2 Å². The number of hydrogen-bond donors (Lipinski definition) is 7. The van der Waals surface area contributed by atoms with Gasteiger partial charge in [0.25, 0.3) is 0 Å². The highest BCUT2D eigenvalue weighted by atomic mass is 16.4. The Hall–Kier alpha value is -3.99. The molecule has 0 aliphatic heterocycles. The predicted molar refractivity (Wildman–Crippen MR) is 118 cm³/mol. The van der Waals surface area contributed by atoms with Crippen LogP contribution in [0.3, 0.4) is 0 Å². The van der Waals surface area contributed by atoms with E-state index in [9.17, 15) is 19.2 Å². The molecule has 9 N–H and O–H groups in total. The van der Waals surface area contributed by atoms with E-state index in [1.807, 2.05) is 0 Å². The van der Waals surface area contributed by atoms with Crippen molar-refractivity contribution in [2.45, 2.75) is 32.0 Å². The number of benzene rings is 1. The van der Waals surface area contributed by atoms with Crippen LogP contribution >= 0.6 is 0 Å². The average molecular weight is 442 g/mol. The van der Waals surface area contributed by atoms with Gasteiger partial charge in [-0.2, -0.15) is 0 Å². The Morgan fingerprint density at radius 1 is 1.16 bits per heavy atom. The molecule has 3 amide bonds. The molecule has 1 aromatic rings. The molecule has 0 saturated carbocycles. The molecule has 1 aliphatic rings. The molecular formula is C21H26N6O5. The van der Waals surface area contributed by atoms with Gasteiger partial charge in [-0.25, -0.2) is 4.79 Å². The van der Waals surface area contributed by atoms with Crippen LogP contribution in [0.4, 0.5) is 10.5 Å². The van der Waals surface area contributed by atoms with Gasteiger partial charge in [0.1, 0.15) is 12.0 Å². The van der Waals surface area contributed by atoms with Gasteiger partial charge < -0.3 is 32.5 Å². The summed E-state index contributed by atoms with van der Waals surface area (Å²) in [6.45, 7) is 1.23. The quantitative estimate of drug-likeness (QED) is 0.163. The molecular weight excluding hydrogens is 416 g/mol. The Morgan fingerprint density at radius 3 is 2.31 bits per heavy atom. The van der Waals surface area contributed by atoms with E-state index in [4.69, 9.17) is 22.0 Å². The lowest BCUT2D eigenvalue weighted by molar-refractivity contribution is -0.141. The van der Waals surface area contributed by atoms with E-state index in [1.54, 1.807) is 30.4 Å². The van der Waals surface area contributed by atoms with Gasteiger partial charge in [-0.05, 0) is 30.7 Å². The van der Waals surface area contributed by atoms with Crippen LogP contribution < -0.4 is 27.4 Å².